The van der Waals surface area contributed by atoms with Crippen LogP contribution in [0.1, 0.15) is 6.92 Å². The third-order valence-corrected chi connectivity index (χ3v) is 5.90. The lowest BCUT2D eigenvalue weighted by molar-refractivity contribution is 0.201. The summed E-state index contributed by atoms with van der Waals surface area (Å²) in [6.07, 6.45) is 0. The fourth-order valence-corrected chi connectivity index (χ4v) is 4.34. The Morgan fingerprint density at radius 2 is 2.00 bits per heavy atom. The van der Waals surface area contributed by atoms with Crippen molar-refractivity contribution >= 4 is 27.2 Å². The molecule has 3 heterocycles. The van der Waals surface area contributed by atoms with E-state index in [2.05, 4.69) is 40.3 Å². The molecule has 5 nitrogen and oxygen atoms in total. The number of thiophene rings is 1. The molecule has 27 heavy (non-hydrogen) atoms. The van der Waals surface area contributed by atoms with Crippen molar-refractivity contribution in [3.05, 3.63) is 41.8 Å². The van der Waals surface area contributed by atoms with E-state index in [0.717, 1.165) is 55.5 Å². The van der Waals surface area contributed by atoms with E-state index in [9.17, 15) is 0 Å². The molecule has 0 spiro atoms. The molecule has 1 saturated heterocycles. The predicted molar refractivity (Wildman–Crippen MR) is 112 cm³/mol. The first-order chi connectivity index (χ1) is 13.3. The van der Waals surface area contributed by atoms with E-state index in [1.807, 2.05) is 18.2 Å². The van der Waals surface area contributed by atoms with Gasteiger partial charge in [-0.1, -0.05) is 19.1 Å². The van der Waals surface area contributed by atoms with Gasteiger partial charge in [0.05, 0.1) is 12.3 Å². The summed E-state index contributed by atoms with van der Waals surface area (Å²) in [4.78, 5) is 9.94. The molecule has 2 aromatic heterocycles. The molecule has 0 aliphatic carbocycles. The van der Waals surface area contributed by atoms with Crippen molar-refractivity contribution < 1.29 is 9.84 Å². The third kappa shape index (κ3) is 3.93. The van der Waals surface area contributed by atoms with Gasteiger partial charge in [-0.25, -0.2) is 4.98 Å². The molecular formula is C21H25N3O2S. The summed E-state index contributed by atoms with van der Waals surface area (Å²) in [5.74, 6) is 1.84. The molecule has 1 fully saturated rings. The Balaban J connectivity index is 1.69. The normalized spacial score (nSPS) is 15.4. The molecule has 1 aliphatic heterocycles. The monoisotopic (exact) mass is 383 g/mol. The average Bonchev–Trinajstić information content (AvgIpc) is 3.20. The van der Waals surface area contributed by atoms with Crippen LogP contribution in [0.15, 0.2) is 41.8 Å². The Morgan fingerprint density at radius 1 is 1.15 bits per heavy atom. The largest absolute Gasteiger partial charge is 0.491 e. The second-order valence-corrected chi connectivity index (χ2v) is 7.63. The zero-order chi connectivity index (χ0) is 18.6. The van der Waals surface area contributed by atoms with Crippen molar-refractivity contribution in [2.45, 2.75) is 6.92 Å². The van der Waals surface area contributed by atoms with Gasteiger partial charge in [-0.3, -0.25) is 0 Å². The first kappa shape index (κ1) is 18.2. The number of aliphatic hydroxyl groups is 1. The smallest absolute Gasteiger partial charge is 0.138 e. The highest BCUT2D eigenvalue weighted by Crippen LogP contribution is 2.34. The van der Waals surface area contributed by atoms with Crippen LogP contribution in [0.5, 0.6) is 5.75 Å². The minimum atomic E-state index is 0.0114. The summed E-state index contributed by atoms with van der Waals surface area (Å²) in [6.45, 7) is 7.82. The van der Waals surface area contributed by atoms with Crippen LogP contribution in [0.2, 0.25) is 0 Å². The molecule has 3 aromatic rings. The summed E-state index contributed by atoms with van der Waals surface area (Å²) >= 11 is 1.76. The van der Waals surface area contributed by atoms with Gasteiger partial charge in [-0.2, -0.15) is 0 Å². The van der Waals surface area contributed by atoms with Gasteiger partial charge in [0.15, 0.2) is 0 Å². The number of pyridine rings is 1. The van der Waals surface area contributed by atoms with Gasteiger partial charge in [-0.05, 0) is 36.2 Å². The molecular weight excluding hydrogens is 358 g/mol. The minimum absolute atomic E-state index is 0.0114. The lowest BCUT2D eigenvalue weighted by Gasteiger charge is -2.35. The maximum atomic E-state index is 8.98. The molecule has 0 atom stereocenters. The first-order valence-corrected chi connectivity index (χ1v) is 10.4. The summed E-state index contributed by atoms with van der Waals surface area (Å²) in [5.41, 5.74) is 2.00. The van der Waals surface area contributed by atoms with Crippen LogP contribution in [-0.2, 0) is 0 Å². The number of likely N-dealkylation sites (N-methyl/N-ethyl adjacent to an activating group) is 1. The highest BCUT2D eigenvalue weighted by Gasteiger charge is 2.20. The summed E-state index contributed by atoms with van der Waals surface area (Å²) in [6, 6.07) is 12.3. The Bertz CT molecular complexity index is 903. The van der Waals surface area contributed by atoms with E-state index in [0.29, 0.717) is 6.61 Å². The van der Waals surface area contributed by atoms with Gasteiger partial charge < -0.3 is 19.6 Å². The number of nitrogens with zero attached hydrogens (tertiary/aromatic N) is 3. The molecule has 142 valence electrons. The van der Waals surface area contributed by atoms with Crippen LogP contribution in [0, 0.1) is 0 Å². The number of anilines is 1. The number of hydrogen-bond donors (Lipinski definition) is 1. The van der Waals surface area contributed by atoms with Gasteiger partial charge in [0.1, 0.15) is 18.2 Å². The van der Waals surface area contributed by atoms with Crippen LogP contribution < -0.4 is 9.64 Å². The molecule has 1 aliphatic rings. The van der Waals surface area contributed by atoms with E-state index >= 15 is 0 Å². The fraction of sp³-hybridized carbons (Fsp3) is 0.381. The molecule has 6 heteroatoms. The predicted octanol–water partition coefficient (Wildman–Crippen LogP) is 3.48. The van der Waals surface area contributed by atoms with Gasteiger partial charge in [-0.15, -0.1) is 11.3 Å². The fourth-order valence-electron chi connectivity index (χ4n) is 3.52. The number of aromatic nitrogens is 1. The average molecular weight is 384 g/mol. The van der Waals surface area contributed by atoms with Gasteiger partial charge in [0.25, 0.3) is 0 Å². The zero-order valence-corrected chi connectivity index (χ0v) is 16.4. The minimum Gasteiger partial charge on any atom is -0.491 e. The maximum Gasteiger partial charge on any atom is 0.138 e. The summed E-state index contributed by atoms with van der Waals surface area (Å²) < 4.78 is 6.83. The van der Waals surface area contributed by atoms with Crippen LogP contribution in [-0.4, -0.2) is 60.9 Å². The van der Waals surface area contributed by atoms with Crippen molar-refractivity contribution in [2.75, 3.05) is 50.8 Å². The van der Waals surface area contributed by atoms with Crippen LogP contribution >= 0.6 is 11.3 Å². The molecule has 4 rings (SSSR count). The third-order valence-electron chi connectivity index (χ3n) is 5.04. The maximum absolute atomic E-state index is 8.98. The van der Waals surface area contributed by atoms with E-state index in [4.69, 9.17) is 14.8 Å². The second kappa shape index (κ2) is 8.25. The zero-order valence-electron chi connectivity index (χ0n) is 15.6. The number of piperazine rings is 1. The standard InChI is InChI=1S/C21H25N3O2S/c1-2-23-7-9-24(10-8-23)21-18-6-13-27-20(18)15-19(22-21)16-4-3-5-17(14-16)26-12-11-25/h3-6,13-15,25H,2,7-12H2,1H3. The van der Waals surface area contributed by atoms with Crippen molar-refractivity contribution in [2.24, 2.45) is 0 Å². The van der Waals surface area contributed by atoms with Crippen molar-refractivity contribution in [3.8, 4) is 17.0 Å². The van der Waals surface area contributed by atoms with Crippen molar-refractivity contribution in [1.29, 1.82) is 0 Å². The molecule has 1 aromatic carbocycles. The Morgan fingerprint density at radius 3 is 2.78 bits per heavy atom. The number of fused-ring (bicyclic) bond motifs is 1. The number of ether oxygens (including phenoxy) is 1. The van der Waals surface area contributed by atoms with Gasteiger partial charge >= 0.3 is 0 Å². The quantitative estimate of drug-likeness (QED) is 0.706. The SMILES string of the molecule is CCN1CCN(c2nc(-c3cccc(OCCO)c3)cc3sccc23)CC1. The molecule has 0 amide bonds. The number of hydrogen-bond acceptors (Lipinski definition) is 6. The topological polar surface area (TPSA) is 48.8 Å². The van der Waals surface area contributed by atoms with Gasteiger partial charge in [0, 0.05) is 41.8 Å². The Hall–Kier alpha value is -2.15. The van der Waals surface area contributed by atoms with E-state index in [1.165, 1.54) is 10.1 Å². The van der Waals surface area contributed by atoms with Crippen LogP contribution in [0.25, 0.3) is 21.3 Å². The molecule has 0 saturated carbocycles. The molecule has 0 unspecified atom stereocenters. The highest BCUT2D eigenvalue weighted by molar-refractivity contribution is 7.17. The van der Waals surface area contributed by atoms with Gasteiger partial charge in [0.2, 0.25) is 0 Å². The Labute approximate surface area is 163 Å². The van der Waals surface area contributed by atoms with E-state index < -0.39 is 0 Å². The summed E-state index contributed by atoms with van der Waals surface area (Å²) in [7, 11) is 0. The first-order valence-electron chi connectivity index (χ1n) is 9.48. The second-order valence-electron chi connectivity index (χ2n) is 6.68. The van der Waals surface area contributed by atoms with Crippen LogP contribution in [0.3, 0.4) is 0 Å². The van der Waals surface area contributed by atoms with E-state index in [-0.39, 0.29) is 6.61 Å². The van der Waals surface area contributed by atoms with Crippen LogP contribution in [0.4, 0.5) is 5.82 Å². The lowest BCUT2D eigenvalue weighted by Crippen LogP contribution is -2.46. The number of aliphatic hydroxyl groups excluding tert-OH is 1. The number of rotatable bonds is 6. The van der Waals surface area contributed by atoms with E-state index in [1.54, 1.807) is 11.3 Å². The Kier molecular flexibility index (Phi) is 5.57. The molecule has 1 N–H and O–H groups in total. The van der Waals surface area contributed by atoms with Crippen molar-refractivity contribution in [3.63, 3.8) is 0 Å². The number of benzene rings is 1. The molecule has 0 bridgehead atoms. The van der Waals surface area contributed by atoms with Crippen molar-refractivity contribution in [1.82, 2.24) is 9.88 Å². The summed E-state index contributed by atoms with van der Waals surface area (Å²) in [5, 5.41) is 12.4. The highest BCUT2D eigenvalue weighted by atomic mass is 32.1. The molecule has 0 radical (unpaired) electrons. The lowest BCUT2D eigenvalue weighted by atomic mass is 10.1.